The molecular weight excluding hydrogens is 388 g/mol. The molecule has 0 bridgehead atoms. The lowest BCUT2D eigenvalue weighted by Crippen LogP contribution is -2.47. The number of carbonyl (C=O) groups is 3. The number of carbonyl (C=O) groups excluding carboxylic acids is 3. The van der Waals surface area contributed by atoms with Gasteiger partial charge in [0, 0.05) is 0 Å². The van der Waals surface area contributed by atoms with E-state index in [-0.39, 0.29) is 36.7 Å². The van der Waals surface area contributed by atoms with Crippen molar-refractivity contribution in [2.24, 2.45) is 0 Å². The van der Waals surface area contributed by atoms with Gasteiger partial charge in [0.05, 0.1) is 30.3 Å². The second kappa shape index (κ2) is 9.60. The third-order valence-electron chi connectivity index (χ3n) is 4.44. The second-order valence-electron chi connectivity index (χ2n) is 6.56. The van der Waals surface area contributed by atoms with E-state index in [1.54, 1.807) is 43.3 Å². The minimum Gasteiger partial charge on any atom is -0.508 e. The molecule has 3 rings (SSSR count). The summed E-state index contributed by atoms with van der Waals surface area (Å²) >= 11 is 0. The quantitative estimate of drug-likeness (QED) is 0.604. The van der Waals surface area contributed by atoms with E-state index >= 15 is 0 Å². The van der Waals surface area contributed by atoms with Crippen molar-refractivity contribution < 1.29 is 29.0 Å². The first-order chi connectivity index (χ1) is 14.5. The Morgan fingerprint density at radius 2 is 1.73 bits per heavy atom. The van der Waals surface area contributed by atoms with Crippen LogP contribution in [0.2, 0.25) is 0 Å². The molecule has 3 N–H and O–H groups in total. The van der Waals surface area contributed by atoms with Crippen molar-refractivity contribution in [3.63, 3.8) is 0 Å². The van der Waals surface area contributed by atoms with Crippen LogP contribution < -0.4 is 10.6 Å². The van der Waals surface area contributed by atoms with E-state index in [4.69, 9.17) is 9.47 Å². The largest absolute Gasteiger partial charge is 0.508 e. The Balaban J connectivity index is 1.81. The SMILES string of the molecule is CCOC(=O)C1=C(COC(=O)Cc2ccc(O)cc2)NC(=O)N[C@@H]1c1ccccc1. The van der Waals surface area contributed by atoms with Crippen molar-refractivity contribution in [1.29, 1.82) is 0 Å². The van der Waals surface area contributed by atoms with Crippen molar-refractivity contribution in [2.75, 3.05) is 13.2 Å². The van der Waals surface area contributed by atoms with Gasteiger partial charge in [0.1, 0.15) is 12.4 Å². The fourth-order valence-corrected chi connectivity index (χ4v) is 3.06. The molecule has 1 heterocycles. The topological polar surface area (TPSA) is 114 Å². The van der Waals surface area contributed by atoms with Crippen LogP contribution in [-0.2, 0) is 25.5 Å². The lowest BCUT2D eigenvalue weighted by molar-refractivity contribution is -0.143. The van der Waals surface area contributed by atoms with Gasteiger partial charge in [-0.15, -0.1) is 0 Å². The summed E-state index contributed by atoms with van der Waals surface area (Å²) in [5, 5.41) is 14.6. The highest BCUT2D eigenvalue weighted by molar-refractivity contribution is 5.95. The predicted molar refractivity (Wildman–Crippen MR) is 107 cm³/mol. The molecule has 0 aliphatic carbocycles. The van der Waals surface area contributed by atoms with E-state index in [9.17, 15) is 19.5 Å². The monoisotopic (exact) mass is 410 g/mol. The number of phenolic OH excluding ortho intramolecular Hbond substituents is 1. The molecule has 1 atom stereocenters. The zero-order valence-corrected chi connectivity index (χ0v) is 16.4. The summed E-state index contributed by atoms with van der Waals surface area (Å²) < 4.78 is 10.5. The summed E-state index contributed by atoms with van der Waals surface area (Å²) in [7, 11) is 0. The molecule has 2 aromatic carbocycles. The van der Waals surface area contributed by atoms with Crippen LogP contribution in [0.15, 0.2) is 65.9 Å². The summed E-state index contributed by atoms with van der Waals surface area (Å²) in [4.78, 5) is 37.0. The Hall–Kier alpha value is -3.81. The summed E-state index contributed by atoms with van der Waals surface area (Å²) in [6.45, 7) is 1.55. The molecule has 8 nitrogen and oxygen atoms in total. The molecule has 1 aliphatic rings. The summed E-state index contributed by atoms with van der Waals surface area (Å²) in [6, 6.07) is 13.9. The first-order valence-corrected chi connectivity index (χ1v) is 9.44. The Morgan fingerprint density at radius 3 is 2.40 bits per heavy atom. The zero-order chi connectivity index (χ0) is 21.5. The van der Waals surface area contributed by atoms with Crippen molar-refractivity contribution >= 4 is 18.0 Å². The number of rotatable bonds is 7. The van der Waals surface area contributed by atoms with Crippen molar-refractivity contribution in [3.8, 4) is 5.75 Å². The number of phenols is 1. The molecule has 0 radical (unpaired) electrons. The molecule has 0 saturated heterocycles. The van der Waals surface area contributed by atoms with Crippen LogP contribution in [0, 0.1) is 0 Å². The van der Waals surface area contributed by atoms with Gasteiger partial charge in [-0.3, -0.25) is 4.79 Å². The molecule has 0 aromatic heterocycles. The van der Waals surface area contributed by atoms with E-state index in [1.807, 2.05) is 6.07 Å². The molecule has 0 unspecified atom stereocenters. The van der Waals surface area contributed by atoms with Crippen molar-refractivity contribution in [2.45, 2.75) is 19.4 Å². The molecule has 0 fully saturated rings. The second-order valence-corrected chi connectivity index (χ2v) is 6.56. The first kappa shape index (κ1) is 20.9. The third-order valence-corrected chi connectivity index (χ3v) is 4.44. The molecule has 156 valence electrons. The maximum absolute atomic E-state index is 12.6. The highest BCUT2D eigenvalue weighted by atomic mass is 16.5. The molecule has 8 heteroatoms. The van der Waals surface area contributed by atoms with Crippen LogP contribution >= 0.6 is 0 Å². The normalized spacial score (nSPS) is 15.8. The van der Waals surface area contributed by atoms with Gasteiger partial charge in [-0.1, -0.05) is 42.5 Å². The number of esters is 2. The number of hydrogen-bond donors (Lipinski definition) is 3. The number of aromatic hydroxyl groups is 1. The molecule has 2 amide bonds. The maximum atomic E-state index is 12.6. The highest BCUT2D eigenvalue weighted by Gasteiger charge is 2.34. The summed E-state index contributed by atoms with van der Waals surface area (Å²) in [5.74, 6) is -1.05. The van der Waals surface area contributed by atoms with Gasteiger partial charge in [0.15, 0.2) is 0 Å². The Bertz CT molecular complexity index is 953. The van der Waals surface area contributed by atoms with Crippen LogP contribution in [0.1, 0.15) is 24.1 Å². The van der Waals surface area contributed by atoms with E-state index in [2.05, 4.69) is 10.6 Å². The fourth-order valence-electron chi connectivity index (χ4n) is 3.06. The van der Waals surface area contributed by atoms with Crippen LogP contribution in [0.5, 0.6) is 5.75 Å². The summed E-state index contributed by atoms with van der Waals surface area (Å²) in [6.07, 6.45) is -0.0173. The average Bonchev–Trinajstić information content (AvgIpc) is 2.74. The smallest absolute Gasteiger partial charge is 0.338 e. The Labute approximate surface area is 173 Å². The van der Waals surface area contributed by atoms with E-state index in [0.717, 1.165) is 0 Å². The minimum absolute atomic E-state index is 0.0173. The average molecular weight is 410 g/mol. The van der Waals surface area contributed by atoms with Gasteiger partial charge < -0.3 is 25.2 Å². The third kappa shape index (κ3) is 5.16. The van der Waals surface area contributed by atoms with Crippen LogP contribution in [0.25, 0.3) is 0 Å². The highest BCUT2D eigenvalue weighted by Crippen LogP contribution is 2.27. The Morgan fingerprint density at radius 1 is 1.03 bits per heavy atom. The number of ether oxygens (including phenoxy) is 2. The number of urea groups is 1. The standard InChI is InChI=1S/C22H22N2O6/c1-2-29-21(27)19-17(13-30-18(26)12-14-8-10-16(25)11-9-14)23-22(28)24-20(19)15-6-4-3-5-7-15/h3-11,20,25H,2,12-13H2,1H3,(H2,23,24,28)/t20-/m1/s1. The maximum Gasteiger partial charge on any atom is 0.338 e. The molecule has 1 aliphatic heterocycles. The fraction of sp³-hybridized carbons (Fsp3) is 0.227. The van der Waals surface area contributed by atoms with Gasteiger partial charge in [0.25, 0.3) is 0 Å². The predicted octanol–water partition coefficient (Wildman–Crippen LogP) is 2.35. The molecule has 0 saturated carbocycles. The minimum atomic E-state index is -0.732. The molecule has 2 aromatic rings. The number of hydrogen-bond acceptors (Lipinski definition) is 6. The van der Waals surface area contributed by atoms with E-state index < -0.39 is 24.0 Å². The van der Waals surface area contributed by atoms with Crippen molar-refractivity contribution in [3.05, 3.63) is 77.0 Å². The molecular formula is C22H22N2O6. The van der Waals surface area contributed by atoms with Crippen molar-refractivity contribution in [1.82, 2.24) is 10.6 Å². The van der Waals surface area contributed by atoms with Gasteiger partial charge in [0.2, 0.25) is 0 Å². The number of benzene rings is 2. The number of nitrogens with one attached hydrogen (secondary N) is 2. The van der Waals surface area contributed by atoms with Gasteiger partial charge in [-0.2, -0.15) is 0 Å². The lowest BCUT2D eigenvalue weighted by atomic mass is 9.95. The van der Waals surface area contributed by atoms with Gasteiger partial charge in [-0.05, 0) is 30.2 Å². The Kier molecular flexibility index (Phi) is 6.69. The van der Waals surface area contributed by atoms with Crippen LogP contribution in [0.3, 0.4) is 0 Å². The van der Waals surface area contributed by atoms with E-state index in [1.165, 1.54) is 12.1 Å². The zero-order valence-electron chi connectivity index (χ0n) is 16.4. The first-order valence-electron chi connectivity index (χ1n) is 9.44. The molecule has 0 spiro atoms. The van der Waals surface area contributed by atoms with Gasteiger partial charge >= 0.3 is 18.0 Å². The van der Waals surface area contributed by atoms with Gasteiger partial charge in [-0.25, -0.2) is 9.59 Å². The lowest BCUT2D eigenvalue weighted by Gasteiger charge is -2.29. The molecule has 30 heavy (non-hydrogen) atoms. The number of amides is 2. The summed E-state index contributed by atoms with van der Waals surface area (Å²) in [5.41, 5.74) is 1.71. The van der Waals surface area contributed by atoms with Crippen LogP contribution in [-0.4, -0.2) is 36.3 Å². The van der Waals surface area contributed by atoms with Crippen LogP contribution in [0.4, 0.5) is 4.79 Å². The van der Waals surface area contributed by atoms with E-state index in [0.29, 0.717) is 11.1 Å².